The summed E-state index contributed by atoms with van der Waals surface area (Å²) in [6.07, 6.45) is 1.85. The molecule has 0 saturated carbocycles. The van der Waals surface area contributed by atoms with Gasteiger partial charge in [0.15, 0.2) is 5.13 Å². The van der Waals surface area contributed by atoms with E-state index in [2.05, 4.69) is 10.3 Å². The van der Waals surface area contributed by atoms with Crippen molar-refractivity contribution in [1.82, 2.24) is 4.98 Å². The molecule has 1 atom stereocenters. The number of hydrogen-bond acceptors (Lipinski definition) is 6. The molecule has 2 aromatic rings. The third-order valence-electron chi connectivity index (χ3n) is 4.02. The molecule has 1 saturated heterocycles. The molecule has 1 fully saturated rings. The van der Waals surface area contributed by atoms with Crippen molar-refractivity contribution >= 4 is 34.0 Å². The molecule has 1 aliphatic rings. The number of methoxy groups -OCH3 is 2. The number of benzene rings is 1. The van der Waals surface area contributed by atoms with Crippen LogP contribution < -0.4 is 19.7 Å². The van der Waals surface area contributed by atoms with E-state index in [0.29, 0.717) is 28.9 Å². The van der Waals surface area contributed by atoms with Crippen LogP contribution in [-0.2, 0) is 9.59 Å². The third-order valence-corrected chi connectivity index (χ3v) is 4.85. The van der Waals surface area contributed by atoms with Crippen molar-refractivity contribution in [3.05, 3.63) is 29.3 Å². The molecule has 1 N–H and O–H groups in total. The molecule has 0 radical (unpaired) electrons. The standard InChI is InChI=1S/C17H19N3O4S/c1-10-8-18-17(25-10)19-16(22)11-6-15(21)20(9-11)13-7-12(23-2)4-5-14(13)24-3/h4-5,7-8,11H,6,9H2,1-3H3,(H,18,19,22)/t11-/m1/s1. The van der Waals surface area contributed by atoms with Crippen molar-refractivity contribution in [3.8, 4) is 11.5 Å². The van der Waals surface area contributed by atoms with E-state index in [0.717, 1.165) is 4.88 Å². The number of nitrogens with zero attached hydrogens (tertiary/aromatic N) is 2. The first-order chi connectivity index (χ1) is 12.0. The van der Waals surface area contributed by atoms with E-state index in [1.807, 2.05) is 6.92 Å². The average Bonchev–Trinajstić information content (AvgIpc) is 3.19. The number of anilines is 2. The molecule has 1 aliphatic heterocycles. The molecule has 1 aromatic heterocycles. The molecule has 0 aliphatic carbocycles. The SMILES string of the molecule is COc1ccc(OC)c(N2C[C@H](C(=O)Nc3ncc(C)s3)CC2=O)c1. The Morgan fingerprint density at radius 1 is 1.36 bits per heavy atom. The second kappa shape index (κ2) is 7.10. The summed E-state index contributed by atoms with van der Waals surface area (Å²) in [6, 6.07) is 5.24. The summed E-state index contributed by atoms with van der Waals surface area (Å²) < 4.78 is 10.6. The zero-order chi connectivity index (χ0) is 18.0. The Kier molecular flexibility index (Phi) is 4.89. The van der Waals surface area contributed by atoms with Crippen LogP contribution in [-0.4, -0.2) is 37.6 Å². The van der Waals surface area contributed by atoms with Crippen LogP contribution in [0.25, 0.3) is 0 Å². The lowest BCUT2D eigenvalue weighted by molar-refractivity contribution is -0.122. The summed E-state index contributed by atoms with van der Waals surface area (Å²) in [6.45, 7) is 2.21. The van der Waals surface area contributed by atoms with Crippen LogP contribution >= 0.6 is 11.3 Å². The lowest BCUT2D eigenvalue weighted by atomic mass is 10.1. The molecule has 0 unspecified atom stereocenters. The minimum Gasteiger partial charge on any atom is -0.497 e. The maximum Gasteiger partial charge on any atom is 0.231 e. The average molecular weight is 361 g/mol. The minimum atomic E-state index is -0.437. The van der Waals surface area contributed by atoms with E-state index in [-0.39, 0.29) is 18.2 Å². The number of amides is 2. The molecule has 3 rings (SSSR count). The van der Waals surface area contributed by atoms with E-state index in [1.165, 1.54) is 11.3 Å². The largest absolute Gasteiger partial charge is 0.497 e. The van der Waals surface area contributed by atoms with Gasteiger partial charge < -0.3 is 19.7 Å². The molecule has 0 bridgehead atoms. The van der Waals surface area contributed by atoms with E-state index >= 15 is 0 Å². The van der Waals surface area contributed by atoms with E-state index in [9.17, 15) is 9.59 Å². The normalized spacial score (nSPS) is 16.8. The number of nitrogens with one attached hydrogen (secondary N) is 1. The summed E-state index contributed by atoms with van der Waals surface area (Å²) in [4.78, 5) is 31.6. The Morgan fingerprint density at radius 3 is 2.80 bits per heavy atom. The van der Waals surface area contributed by atoms with Gasteiger partial charge >= 0.3 is 0 Å². The van der Waals surface area contributed by atoms with Crippen LogP contribution in [0.5, 0.6) is 11.5 Å². The van der Waals surface area contributed by atoms with Crippen molar-refractivity contribution in [3.63, 3.8) is 0 Å². The van der Waals surface area contributed by atoms with Crippen LogP contribution in [0.3, 0.4) is 0 Å². The Bertz CT molecular complexity index is 805. The topological polar surface area (TPSA) is 80.8 Å². The van der Waals surface area contributed by atoms with Crippen LogP contribution in [0.2, 0.25) is 0 Å². The molecule has 2 heterocycles. The van der Waals surface area contributed by atoms with Gasteiger partial charge in [0, 0.05) is 30.1 Å². The predicted molar refractivity (Wildman–Crippen MR) is 95.5 cm³/mol. The van der Waals surface area contributed by atoms with Gasteiger partial charge in [0.05, 0.1) is 25.8 Å². The molecule has 0 spiro atoms. The van der Waals surface area contributed by atoms with E-state index in [1.54, 1.807) is 43.5 Å². The van der Waals surface area contributed by atoms with Crippen LogP contribution in [0.1, 0.15) is 11.3 Å². The number of carbonyl (C=O) groups is 2. The minimum absolute atomic E-state index is 0.123. The number of ether oxygens (including phenoxy) is 2. The first-order valence-corrected chi connectivity index (χ1v) is 8.59. The maximum atomic E-state index is 12.5. The summed E-state index contributed by atoms with van der Waals surface area (Å²) in [5, 5.41) is 3.33. The molecular weight excluding hydrogens is 342 g/mol. The highest BCUT2D eigenvalue weighted by Crippen LogP contribution is 2.36. The molecule has 7 nitrogen and oxygen atoms in total. The smallest absolute Gasteiger partial charge is 0.231 e. The van der Waals surface area contributed by atoms with Crippen LogP contribution in [0, 0.1) is 12.8 Å². The Hall–Kier alpha value is -2.61. The van der Waals surface area contributed by atoms with Gasteiger partial charge in [0.2, 0.25) is 11.8 Å². The zero-order valence-electron chi connectivity index (χ0n) is 14.2. The number of carbonyl (C=O) groups excluding carboxylic acids is 2. The van der Waals surface area contributed by atoms with Gasteiger partial charge in [-0.25, -0.2) is 4.98 Å². The number of rotatable bonds is 5. The highest BCUT2D eigenvalue weighted by Gasteiger charge is 2.36. The van der Waals surface area contributed by atoms with Gasteiger partial charge in [-0.15, -0.1) is 11.3 Å². The lowest BCUT2D eigenvalue weighted by Gasteiger charge is -2.20. The third kappa shape index (κ3) is 3.58. The maximum absolute atomic E-state index is 12.5. The van der Waals surface area contributed by atoms with E-state index < -0.39 is 5.92 Å². The Balaban J connectivity index is 1.77. The van der Waals surface area contributed by atoms with Crippen LogP contribution in [0.15, 0.2) is 24.4 Å². The predicted octanol–water partition coefficient (Wildman–Crippen LogP) is 2.46. The van der Waals surface area contributed by atoms with Gasteiger partial charge in [0.1, 0.15) is 11.5 Å². The fraction of sp³-hybridized carbons (Fsp3) is 0.353. The zero-order valence-corrected chi connectivity index (χ0v) is 15.1. The van der Waals surface area contributed by atoms with E-state index in [4.69, 9.17) is 9.47 Å². The fourth-order valence-electron chi connectivity index (χ4n) is 2.74. The van der Waals surface area contributed by atoms with Gasteiger partial charge in [-0.3, -0.25) is 9.59 Å². The number of aryl methyl sites for hydroxylation is 1. The van der Waals surface area contributed by atoms with Crippen molar-refractivity contribution in [2.24, 2.45) is 5.92 Å². The number of thiazole rings is 1. The number of aromatic nitrogens is 1. The molecule has 8 heteroatoms. The van der Waals surface area contributed by atoms with Crippen molar-refractivity contribution in [2.75, 3.05) is 31.0 Å². The highest BCUT2D eigenvalue weighted by atomic mass is 32.1. The second-order valence-electron chi connectivity index (χ2n) is 5.71. The number of hydrogen-bond donors (Lipinski definition) is 1. The monoisotopic (exact) mass is 361 g/mol. The van der Waals surface area contributed by atoms with Crippen molar-refractivity contribution in [2.45, 2.75) is 13.3 Å². The quantitative estimate of drug-likeness (QED) is 0.885. The highest BCUT2D eigenvalue weighted by molar-refractivity contribution is 7.15. The van der Waals surface area contributed by atoms with Gasteiger partial charge in [-0.1, -0.05) is 0 Å². The second-order valence-corrected chi connectivity index (χ2v) is 6.94. The Labute approximate surface area is 149 Å². The summed E-state index contributed by atoms with van der Waals surface area (Å²) in [5.41, 5.74) is 0.604. The fourth-order valence-corrected chi connectivity index (χ4v) is 3.41. The summed E-state index contributed by atoms with van der Waals surface area (Å²) >= 11 is 1.41. The van der Waals surface area contributed by atoms with Crippen molar-refractivity contribution in [1.29, 1.82) is 0 Å². The molecular formula is C17H19N3O4S. The van der Waals surface area contributed by atoms with Crippen LogP contribution in [0.4, 0.5) is 10.8 Å². The first-order valence-electron chi connectivity index (χ1n) is 7.77. The molecule has 2 amide bonds. The first kappa shape index (κ1) is 17.2. The molecule has 132 valence electrons. The Morgan fingerprint density at radius 2 is 2.16 bits per heavy atom. The lowest BCUT2D eigenvalue weighted by Crippen LogP contribution is -2.28. The summed E-state index contributed by atoms with van der Waals surface area (Å²) in [5.74, 6) is 0.419. The summed E-state index contributed by atoms with van der Waals surface area (Å²) in [7, 11) is 3.10. The van der Waals surface area contributed by atoms with Gasteiger partial charge in [-0.2, -0.15) is 0 Å². The molecule has 1 aromatic carbocycles. The molecule has 25 heavy (non-hydrogen) atoms. The van der Waals surface area contributed by atoms with Gasteiger partial charge in [-0.05, 0) is 19.1 Å². The van der Waals surface area contributed by atoms with Crippen molar-refractivity contribution < 1.29 is 19.1 Å². The van der Waals surface area contributed by atoms with Gasteiger partial charge in [0.25, 0.3) is 0 Å².